The minimum atomic E-state index is -0.606. The van der Waals surface area contributed by atoms with Gasteiger partial charge < -0.3 is 19.6 Å². The molecule has 34 heavy (non-hydrogen) atoms. The Balaban J connectivity index is 1.62. The molecule has 174 valence electrons. The third-order valence-electron chi connectivity index (χ3n) is 5.29. The van der Waals surface area contributed by atoms with Crippen LogP contribution in [0.15, 0.2) is 72.0 Å². The molecule has 2 N–H and O–H groups in total. The van der Waals surface area contributed by atoms with E-state index < -0.39 is 17.2 Å². The van der Waals surface area contributed by atoms with Crippen LogP contribution >= 0.6 is 0 Å². The number of hydrogen-bond donors (Lipinski definition) is 2. The van der Waals surface area contributed by atoms with Crippen LogP contribution in [0.4, 0.5) is 0 Å². The summed E-state index contributed by atoms with van der Waals surface area (Å²) in [5, 5.41) is 5.51. The summed E-state index contributed by atoms with van der Waals surface area (Å²) < 4.78 is 3.56. The molecular weight excluding hydrogens is 430 g/mol. The molecule has 3 heterocycles. The smallest absolute Gasteiger partial charge is 0.257 e. The Kier molecular flexibility index (Phi) is 6.58. The molecule has 8 heteroatoms. The predicted molar refractivity (Wildman–Crippen MR) is 130 cm³/mol. The van der Waals surface area contributed by atoms with Crippen LogP contribution in [-0.4, -0.2) is 31.8 Å². The lowest BCUT2D eigenvalue weighted by Gasteiger charge is -2.14. The van der Waals surface area contributed by atoms with Crippen molar-refractivity contribution in [2.24, 2.45) is 0 Å². The van der Waals surface area contributed by atoms with Crippen molar-refractivity contribution >= 4 is 17.5 Å². The highest BCUT2D eigenvalue weighted by atomic mass is 16.2. The number of nitrogens with one attached hydrogen (secondary N) is 2. The molecule has 0 aliphatic rings. The number of imidazole rings is 1. The van der Waals surface area contributed by atoms with E-state index in [1.807, 2.05) is 80.0 Å². The van der Waals surface area contributed by atoms with Gasteiger partial charge in [-0.2, -0.15) is 0 Å². The standard InChI is InChI=1S/C26H27N5O3/c1-17(2)28-26(34)22-16-30(13-19-7-5-4-6-8-19)15-21(24(22)32)25(33)27-12-20-14-31-10-9-18(3)11-23(31)29-20/h4-11,14-17H,12-13H2,1-3H3,(H,27,33)(H,28,34). The Morgan fingerprint density at radius 3 is 2.41 bits per heavy atom. The first kappa shape index (κ1) is 23.0. The molecule has 3 aromatic heterocycles. The third-order valence-corrected chi connectivity index (χ3v) is 5.29. The lowest BCUT2D eigenvalue weighted by Crippen LogP contribution is -2.37. The van der Waals surface area contributed by atoms with Gasteiger partial charge in [-0.1, -0.05) is 30.3 Å². The average Bonchev–Trinajstić information content (AvgIpc) is 3.20. The molecule has 0 saturated carbocycles. The van der Waals surface area contributed by atoms with Crippen molar-refractivity contribution in [3.63, 3.8) is 0 Å². The molecule has 1 aromatic carbocycles. The molecule has 0 unspecified atom stereocenters. The molecule has 8 nitrogen and oxygen atoms in total. The van der Waals surface area contributed by atoms with Crippen molar-refractivity contribution in [3.8, 4) is 0 Å². The minimum Gasteiger partial charge on any atom is -0.350 e. The molecule has 0 aliphatic carbocycles. The van der Waals surface area contributed by atoms with Gasteiger partial charge in [0.05, 0.1) is 12.2 Å². The zero-order chi connectivity index (χ0) is 24.2. The fourth-order valence-electron chi connectivity index (χ4n) is 3.67. The van der Waals surface area contributed by atoms with E-state index in [0.29, 0.717) is 12.2 Å². The highest BCUT2D eigenvalue weighted by molar-refractivity contribution is 5.99. The highest BCUT2D eigenvalue weighted by Crippen LogP contribution is 2.09. The van der Waals surface area contributed by atoms with Gasteiger partial charge in [-0.25, -0.2) is 4.98 Å². The number of aryl methyl sites for hydroxylation is 1. The van der Waals surface area contributed by atoms with Gasteiger partial charge >= 0.3 is 0 Å². The van der Waals surface area contributed by atoms with Crippen LogP contribution in [0.3, 0.4) is 0 Å². The summed E-state index contributed by atoms with van der Waals surface area (Å²) in [6, 6.07) is 13.4. The SMILES string of the molecule is Cc1ccn2cc(CNC(=O)c3cn(Cc4ccccc4)cc(C(=O)NC(C)C)c3=O)nc2c1. The van der Waals surface area contributed by atoms with Crippen LogP contribution in [0.1, 0.15) is 51.4 Å². The molecule has 0 atom stereocenters. The molecule has 4 aromatic rings. The molecule has 2 amide bonds. The topological polar surface area (TPSA) is 97.5 Å². The second-order valence-corrected chi connectivity index (χ2v) is 8.59. The molecule has 0 radical (unpaired) electrons. The second-order valence-electron chi connectivity index (χ2n) is 8.59. The van der Waals surface area contributed by atoms with Crippen LogP contribution in [-0.2, 0) is 13.1 Å². The van der Waals surface area contributed by atoms with Gasteiger partial charge in [0.1, 0.15) is 16.8 Å². The first-order chi connectivity index (χ1) is 16.3. The van der Waals surface area contributed by atoms with Crippen molar-refractivity contribution in [3.05, 3.63) is 105 Å². The summed E-state index contributed by atoms with van der Waals surface area (Å²) in [6.45, 7) is 6.18. The quantitative estimate of drug-likeness (QED) is 0.446. The Morgan fingerprint density at radius 1 is 1.00 bits per heavy atom. The number of fused-ring (bicyclic) bond motifs is 1. The van der Waals surface area contributed by atoms with Crippen molar-refractivity contribution in [1.29, 1.82) is 0 Å². The van der Waals surface area contributed by atoms with Gasteiger partial charge in [0.25, 0.3) is 11.8 Å². The molecule has 0 fully saturated rings. The zero-order valence-electron chi connectivity index (χ0n) is 19.4. The first-order valence-electron chi connectivity index (χ1n) is 11.1. The lowest BCUT2D eigenvalue weighted by molar-refractivity contribution is 0.0941. The van der Waals surface area contributed by atoms with Crippen molar-refractivity contribution in [1.82, 2.24) is 24.6 Å². The van der Waals surface area contributed by atoms with E-state index in [-0.39, 0.29) is 23.7 Å². The minimum absolute atomic E-state index is 0.0690. The van der Waals surface area contributed by atoms with Crippen molar-refractivity contribution in [2.45, 2.75) is 39.9 Å². The summed E-state index contributed by atoms with van der Waals surface area (Å²) in [5.74, 6) is -1.06. The molecule has 0 spiro atoms. The summed E-state index contributed by atoms with van der Waals surface area (Å²) in [5.41, 5.74) is 2.74. The number of carbonyl (C=O) groups excluding carboxylic acids is 2. The van der Waals surface area contributed by atoms with E-state index in [1.54, 1.807) is 4.57 Å². The number of amides is 2. The van der Waals surface area contributed by atoms with E-state index in [2.05, 4.69) is 15.6 Å². The normalized spacial score (nSPS) is 11.1. The van der Waals surface area contributed by atoms with Crippen LogP contribution in [0.25, 0.3) is 5.65 Å². The van der Waals surface area contributed by atoms with Gasteiger partial charge in [-0.3, -0.25) is 14.4 Å². The Bertz CT molecular complexity index is 1400. The Hall–Kier alpha value is -4.20. The van der Waals surface area contributed by atoms with Crippen molar-refractivity contribution < 1.29 is 9.59 Å². The van der Waals surface area contributed by atoms with Crippen LogP contribution in [0.2, 0.25) is 0 Å². The number of hydrogen-bond acceptors (Lipinski definition) is 4. The maximum absolute atomic E-state index is 13.1. The molecule has 0 saturated heterocycles. The highest BCUT2D eigenvalue weighted by Gasteiger charge is 2.20. The van der Waals surface area contributed by atoms with E-state index in [4.69, 9.17) is 0 Å². The van der Waals surface area contributed by atoms with Gasteiger partial charge in [0.15, 0.2) is 0 Å². The number of pyridine rings is 2. The fourth-order valence-corrected chi connectivity index (χ4v) is 3.67. The Labute approximate surface area is 197 Å². The maximum Gasteiger partial charge on any atom is 0.257 e. The molecule has 0 aliphatic heterocycles. The first-order valence-corrected chi connectivity index (χ1v) is 11.1. The number of aromatic nitrogens is 3. The van der Waals surface area contributed by atoms with Crippen molar-refractivity contribution in [2.75, 3.05) is 0 Å². The lowest BCUT2D eigenvalue weighted by atomic mass is 10.1. The number of carbonyl (C=O) groups is 2. The summed E-state index contributed by atoms with van der Waals surface area (Å²) in [4.78, 5) is 43.3. The van der Waals surface area contributed by atoms with E-state index in [1.165, 1.54) is 12.4 Å². The predicted octanol–water partition coefficient (Wildman–Crippen LogP) is 2.92. The average molecular weight is 458 g/mol. The molecule has 4 rings (SSSR count). The van der Waals surface area contributed by atoms with E-state index in [9.17, 15) is 14.4 Å². The molecule has 0 bridgehead atoms. The van der Waals surface area contributed by atoms with Gasteiger partial charge in [-0.15, -0.1) is 0 Å². The molecular formula is C26H27N5O3. The summed E-state index contributed by atoms with van der Waals surface area (Å²) in [7, 11) is 0. The Morgan fingerprint density at radius 2 is 1.71 bits per heavy atom. The third kappa shape index (κ3) is 5.23. The van der Waals surface area contributed by atoms with E-state index >= 15 is 0 Å². The monoisotopic (exact) mass is 457 g/mol. The van der Waals surface area contributed by atoms with Crippen LogP contribution < -0.4 is 16.1 Å². The summed E-state index contributed by atoms with van der Waals surface area (Å²) >= 11 is 0. The summed E-state index contributed by atoms with van der Waals surface area (Å²) in [6.07, 6.45) is 6.72. The second kappa shape index (κ2) is 9.74. The van der Waals surface area contributed by atoms with Gasteiger partial charge in [-0.05, 0) is 44.0 Å². The largest absolute Gasteiger partial charge is 0.350 e. The van der Waals surface area contributed by atoms with Gasteiger partial charge in [0, 0.05) is 37.4 Å². The maximum atomic E-state index is 13.1. The number of rotatable bonds is 7. The number of nitrogens with zero attached hydrogens (tertiary/aromatic N) is 3. The van der Waals surface area contributed by atoms with E-state index in [0.717, 1.165) is 16.8 Å². The van der Waals surface area contributed by atoms with Gasteiger partial charge in [0.2, 0.25) is 5.43 Å². The zero-order valence-corrected chi connectivity index (χ0v) is 19.4. The van der Waals surface area contributed by atoms with Crippen LogP contribution in [0.5, 0.6) is 0 Å². The van der Waals surface area contributed by atoms with Crippen LogP contribution in [0, 0.1) is 6.92 Å². The number of benzene rings is 1. The fraction of sp³-hybridized carbons (Fsp3) is 0.231.